The molecule has 0 radical (unpaired) electrons. The number of methoxy groups -OCH3 is 1. The number of pyridine rings is 1. The maximum Gasteiger partial charge on any atom is 0.0587 e. The summed E-state index contributed by atoms with van der Waals surface area (Å²) in [7, 11) is 1.72. The molecule has 0 unspecified atom stereocenters. The Morgan fingerprint density at radius 2 is 2.21 bits per heavy atom. The Hall–Kier alpha value is -1.71. The second kappa shape index (κ2) is 7.67. The molecule has 2 rings (SSSR count). The summed E-state index contributed by atoms with van der Waals surface area (Å²) < 4.78 is 4.98. The van der Waals surface area contributed by atoms with Crippen molar-refractivity contribution < 1.29 is 4.74 Å². The minimum absolute atomic E-state index is 0.764. The van der Waals surface area contributed by atoms with Crippen molar-refractivity contribution in [1.82, 2.24) is 10.3 Å². The van der Waals surface area contributed by atoms with Gasteiger partial charge >= 0.3 is 0 Å². The molecule has 0 saturated heterocycles. The van der Waals surface area contributed by atoms with Gasteiger partial charge in [-0.25, -0.2) is 0 Å². The summed E-state index contributed by atoms with van der Waals surface area (Å²) in [6, 6.07) is 8.36. The Bertz CT molecular complexity index is 532. The molecular formula is C16H20N2O. The summed E-state index contributed by atoms with van der Waals surface area (Å²) in [6.45, 7) is 2.65. The molecule has 1 N–H and O–H groups in total. The average molecular weight is 256 g/mol. The molecule has 1 aromatic heterocycles. The topological polar surface area (TPSA) is 34.1 Å². The lowest BCUT2D eigenvalue weighted by Gasteiger charge is -2.02. The molecule has 0 amide bonds. The zero-order chi connectivity index (χ0) is 13.3. The number of nitrogens with zero attached hydrogens (tertiary/aromatic N) is 1. The molecule has 3 heteroatoms. The van der Waals surface area contributed by atoms with Crippen LogP contribution in [0.2, 0.25) is 0 Å². The number of hydrogen-bond donors (Lipinski definition) is 1. The van der Waals surface area contributed by atoms with Gasteiger partial charge in [0.15, 0.2) is 0 Å². The highest BCUT2D eigenvalue weighted by molar-refractivity contribution is 5.89. The molecule has 0 aliphatic rings. The lowest BCUT2D eigenvalue weighted by Crippen LogP contribution is -2.19. The van der Waals surface area contributed by atoms with Crippen LogP contribution in [0.3, 0.4) is 0 Å². The van der Waals surface area contributed by atoms with E-state index in [4.69, 9.17) is 4.74 Å². The number of hydrogen-bond acceptors (Lipinski definition) is 3. The SMILES string of the molecule is COCCNCCC=Cc1cccc2cnccc12. The first kappa shape index (κ1) is 13.7. The Kier molecular flexibility index (Phi) is 5.53. The van der Waals surface area contributed by atoms with Crippen molar-refractivity contribution in [3.05, 3.63) is 48.3 Å². The van der Waals surface area contributed by atoms with Crippen molar-refractivity contribution in [2.75, 3.05) is 26.8 Å². The van der Waals surface area contributed by atoms with Gasteiger partial charge in [0.25, 0.3) is 0 Å². The molecule has 1 heterocycles. The summed E-state index contributed by atoms with van der Waals surface area (Å²) >= 11 is 0. The van der Waals surface area contributed by atoms with Crippen molar-refractivity contribution in [2.45, 2.75) is 6.42 Å². The normalized spacial score (nSPS) is 11.4. The number of rotatable bonds is 7. The van der Waals surface area contributed by atoms with Gasteiger partial charge in [-0.15, -0.1) is 0 Å². The molecule has 0 aliphatic carbocycles. The van der Waals surface area contributed by atoms with Gasteiger partial charge in [-0.3, -0.25) is 4.98 Å². The lowest BCUT2D eigenvalue weighted by molar-refractivity contribution is 0.199. The molecule has 0 bridgehead atoms. The summed E-state index contributed by atoms with van der Waals surface area (Å²) in [5.41, 5.74) is 1.25. The quantitative estimate of drug-likeness (QED) is 0.773. The Balaban J connectivity index is 1.90. The molecule has 2 aromatic rings. The van der Waals surface area contributed by atoms with Crippen molar-refractivity contribution in [3.63, 3.8) is 0 Å². The van der Waals surface area contributed by atoms with E-state index < -0.39 is 0 Å². The summed E-state index contributed by atoms with van der Waals surface area (Å²) in [5, 5.41) is 5.76. The Morgan fingerprint density at radius 1 is 1.26 bits per heavy atom. The highest BCUT2D eigenvalue weighted by Gasteiger charge is 1.96. The predicted octanol–water partition coefficient (Wildman–Crippen LogP) is 2.87. The second-order valence-electron chi connectivity index (χ2n) is 4.38. The standard InChI is InChI=1S/C16H20N2O/c1-19-12-11-17-9-3-2-5-14-6-4-7-15-13-18-10-8-16(14)15/h2,4-8,10,13,17H,3,9,11-12H2,1H3. The van der Waals surface area contributed by atoms with E-state index in [2.05, 4.69) is 46.7 Å². The third-order valence-electron chi connectivity index (χ3n) is 2.98. The monoisotopic (exact) mass is 256 g/mol. The summed E-state index contributed by atoms with van der Waals surface area (Å²) in [6.07, 6.45) is 9.14. The highest BCUT2D eigenvalue weighted by atomic mass is 16.5. The molecule has 0 saturated carbocycles. The van der Waals surface area contributed by atoms with Crippen LogP contribution in [0.1, 0.15) is 12.0 Å². The molecule has 100 valence electrons. The van der Waals surface area contributed by atoms with E-state index >= 15 is 0 Å². The fraction of sp³-hybridized carbons (Fsp3) is 0.312. The maximum atomic E-state index is 4.98. The van der Waals surface area contributed by atoms with Crippen LogP contribution in [0.25, 0.3) is 16.8 Å². The molecular weight excluding hydrogens is 236 g/mol. The third-order valence-corrected chi connectivity index (χ3v) is 2.98. The number of aromatic nitrogens is 1. The van der Waals surface area contributed by atoms with Crippen LogP contribution in [-0.2, 0) is 4.74 Å². The van der Waals surface area contributed by atoms with Crippen LogP contribution in [0.15, 0.2) is 42.7 Å². The first-order valence-electron chi connectivity index (χ1n) is 6.61. The number of benzene rings is 1. The van der Waals surface area contributed by atoms with Crippen LogP contribution in [0.4, 0.5) is 0 Å². The first-order valence-corrected chi connectivity index (χ1v) is 6.61. The van der Waals surface area contributed by atoms with E-state index in [-0.39, 0.29) is 0 Å². The lowest BCUT2D eigenvalue weighted by atomic mass is 10.1. The van der Waals surface area contributed by atoms with Crippen molar-refractivity contribution in [2.24, 2.45) is 0 Å². The van der Waals surface area contributed by atoms with Crippen molar-refractivity contribution >= 4 is 16.8 Å². The third kappa shape index (κ3) is 4.16. The molecule has 0 aliphatic heterocycles. The molecule has 0 atom stereocenters. The van der Waals surface area contributed by atoms with Gasteiger partial charge in [-0.05, 0) is 30.0 Å². The Labute approximate surface area is 114 Å². The fourth-order valence-electron chi connectivity index (χ4n) is 1.99. The minimum Gasteiger partial charge on any atom is -0.383 e. The van der Waals surface area contributed by atoms with E-state index in [1.807, 2.05) is 12.4 Å². The Morgan fingerprint density at radius 3 is 3.11 bits per heavy atom. The molecule has 0 spiro atoms. The van der Waals surface area contributed by atoms with E-state index in [0.29, 0.717) is 0 Å². The number of ether oxygens (including phenoxy) is 1. The largest absolute Gasteiger partial charge is 0.383 e. The van der Waals surface area contributed by atoms with Gasteiger partial charge in [0.2, 0.25) is 0 Å². The van der Waals surface area contributed by atoms with Gasteiger partial charge in [-0.2, -0.15) is 0 Å². The number of nitrogens with one attached hydrogen (secondary N) is 1. The zero-order valence-electron chi connectivity index (χ0n) is 11.3. The molecule has 3 nitrogen and oxygen atoms in total. The van der Waals surface area contributed by atoms with Crippen LogP contribution in [-0.4, -0.2) is 31.8 Å². The highest BCUT2D eigenvalue weighted by Crippen LogP contribution is 2.18. The van der Waals surface area contributed by atoms with E-state index in [1.165, 1.54) is 16.3 Å². The van der Waals surface area contributed by atoms with Crippen LogP contribution < -0.4 is 5.32 Å². The van der Waals surface area contributed by atoms with Gasteiger partial charge in [0.05, 0.1) is 6.61 Å². The van der Waals surface area contributed by atoms with Gasteiger partial charge < -0.3 is 10.1 Å². The molecule has 19 heavy (non-hydrogen) atoms. The van der Waals surface area contributed by atoms with Crippen molar-refractivity contribution in [3.8, 4) is 0 Å². The molecule has 0 fully saturated rings. The second-order valence-corrected chi connectivity index (χ2v) is 4.38. The molecule has 1 aromatic carbocycles. The van der Waals surface area contributed by atoms with Gasteiger partial charge in [0, 0.05) is 31.4 Å². The fourth-order valence-corrected chi connectivity index (χ4v) is 1.99. The first-order chi connectivity index (χ1) is 9.42. The van der Waals surface area contributed by atoms with Crippen LogP contribution in [0, 0.1) is 0 Å². The summed E-state index contributed by atoms with van der Waals surface area (Å²) in [4.78, 5) is 4.15. The van der Waals surface area contributed by atoms with E-state index in [9.17, 15) is 0 Å². The maximum absolute atomic E-state index is 4.98. The number of fused-ring (bicyclic) bond motifs is 1. The van der Waals surface area contributed by atoms with Gasteiger partial charge in [0.1, 0.15) is 0 Å². The van der Waals surface area contributed by atoms with E-state index in [0.717, 1.165) is 26.1 Å². The predicted molar refractivity (Wildman–Crippen MR) is 80.1 cm³/mol. The van der Waals surface area contributed by atoms with Crippen LogP contribution >= 0.6 is 0 Å². The van der Waals surface area contributed by atoms with Gasteiger partial charge in [-0.1, -0.05) is 30.4 Å². The minimum atomic E-state index is 0.764. The summed E-state index contributed by atoms with van der Waals surface area (Å²) in [5.74, 6) is 0. The van der Waals surface area contributed by atoms with E-state index in [1.54, 1.807) is 7.11 Å². The van der Waals surface area contributed by atoms with Crippen LogP contribution in [0.5, 0.6) is 0 Å². The smallest absolute Gasteiger partial charge is 0.0587 e. The zero-order valence-corrected chi connectivity index (χ0v) is 11.3. The van der Waals surface area contributed by atoms with Crippen molar-refractivity contribution in [1.29, 1.82) is 0 Å². The average Bonchev–Trinajstić information content (AvgIpc) is 2.46.